The molecule has 1 unspecified atom stereocenters. The van der Waals surface area contributed by atoms with Gasteiger partial charge >= 0.3 is 0 Å². The molecular formula is C17H22O3. The Kier molecular flexibility index (Phi) is 4.36. The van der Waals surface area contributed by atoms with Crippen molar-refractivity contribution < 1.29 is 14.3 Å². The number of carbonyl (C=O) groups excluding carboxylic acids is 1. The molecule has 2 aliphatic rings. The molecule has 1 fully saturated rings. The zero-order valence-electron chi connectivity index (χ0n) is 11.9. The highest BCUT2D eigenvalue weighted by Gasteiger charge is 2.17. The summed E-state index contributed by atoms with van der Waals surface area (Å²) in [7, 11) is 0. The van der Waals surface area contributed by atoms with Crippen LogP contribution >= 0.6 is 0 Å². The van der Waals surface area contributed by atoms with Crippen LogP contribution < -0.4 is 4.74 Å². The molecule has 2 heterocycles. The zero-order chi connectivity index (χ0) is 13.8. The summed E-state index contributed by atoms with van der Waals surface area (Å²) in [6, 6.07) is 5.85. The van der Waals surface area contributed by atoms with Gasteiger partial charge in [0, 0.05) is 18.6 Å². The SMILES string of the molecule is O=C(CCC1CCCCO1)c1ccc2c(c1)CCCO2. The van der Waals surface area contributed by atoms with Crippen LogP contribution in [0, 0.1) is 0 Å². The summed E-state index contributed by atoms with van der Waals surface area (Å²) in [4.78, 5) is 12.3. The maximum absolute atomic E-state index is 12.3. The summed E-state index contributed by atoms with van der Waals surface area (Å²) in [5.74, 6) is 1.18. The standard InChI is InChI=1S/C17H22O3/c18-16(8-7-15-5-1-2-10-19-15)13-6-9-17-14(12-13)4-3-11-20-17/h6,9,12,15H,1-5,7-8,10-11H2. The Bertz CT molecular complexity index is 475. The monoisotopic (exact) mass is 274 g/mol. The third-order valence-electron chi connectivity index (χ3n) is 4.20. The van der Waals surface area contributed by atoms with Gasteiger partial charge in [-0.1, -0.05) is 0 Å². The van der Waals surface area contributed by atoms with Crippen molar-refractivity contribution >= 4 is 5.78 Å². The predicted octanol–water partition coefficient (Wildman–Crippen LogP) is 3.54. The van der Waals surface area contributed by atoms with Crippen LogP contribution in [0.1, 0.15) is 54.4 Å². The van der Waals surface area contributed by atoms with E-state index in [1.54, 1.807) is 0 Å². The van der Waals surface area contributed by atoms with Crippen molar-refractivity contribution in [2.75, 3.05) is 13.2 Å². The molecule has 0 aliphatic carbocycles. The van der Waals surface area contributed by atoms with Gasteiger partial charge in [-0.2, -0.15) is 0 Å². The van der Waals surface area contributed by atoms with Crippen molar-refractivity contribution in [2.24, 2.45) is 0 Å². The van der Waals surface area contributed by atoms with Crippen molar-refractivity contribution in [3.05, 3.63) is 29.3 Å². The summed E-state index contributed by atoms with van der Waals surface area (Å²) >= 11 is 0. The molecule has 1 aromatic rings. The van der Waals surface area contributed by atoms with Gasteiger partial charge in [0.15, 0.2) is 5.78 Å². The second kappa shape index (κ2) is 6.40. The van der Waals surface area contributed by atoms with E-state index in [2.05, 4.69) is 0 Å². The van der Waals surface area contributed by atoms with E-state index < -0.39 is 0 Å². The number of Topliss-reactive ketones (excluding diaryl/α,β-unsaturated/α-hetero) is 1. The van der Waals surface area contributed by atoms with Gasteiger partial charge in [0.05, 0.1) is 12.7 Å². The third-order valence-corrected chi connectivity index (χ3v) is 4.20. The number of benzene rings is 1. The first-order valence-electron chi connectivity index (χ1n) is 7.73. The molecule has 0 radical (unpaired) electrons. The Morgan fingerprint density at radius 1 is 1.20 bits per heavy atom. The molecule has 0 amide bonds. The van der Waals surface area contributed by atoms with Gasteiger partial charge in [0.25, 0.3) is 0 Å². The van der Waals surface area contributed by atoms with Crippen LogP contribution in [0.4, 0.5) is 0 Å². The van der Waals surface area contributed by atoms with Gasteiger partial charge < -0.3 is 9.47 Å². The lowest BCUT2D eigenvalue weighted by atomic mass is 9.97. The first kappa shape index (κ1) is 13.6. The van der Waals surface area contributed by atoms with Crippen molar-refractivity contribution in [3.63, 3.8) is 0 Å². The fourth-order valence-electron chi connectivity index (χ4n) is 3.01. The van der Waals surface area contributed by atoms with Gasteiger partial charge in [0.2, 0.25) is 0 Å². The number of aryl methyl sites for hydroxylation is 1. The van der Waals surface area contributed by atoms with Gasteiger partial charge in [-0.3, -0.25) is 4.79 Å². The smallest absolute Gasteiger partial charge is 0.162 e. The molecule has 3 heteroatoms. The van der Waals surface area contributed by atoms with Crippen LogP contribution in [0.15, 0.2) is 18.2 Å². The maximum atomic E-state index is 12.3. The van der Waals surface area contributed by atoms with Crippen molar-refractivity contribution in [1.82, 2.24) is 0 Å². The molecule has 1 saturated heterocycles. The lowest BCUT2D eigenvalue weighted by Crippen LogP contribution is -2.20. The molecule has 20 heavy (non-hydrogen) atoms. The van der Waals surface area contributed by atoms with Crippen molar-refractivity contribution in [3.8, 4) is 5.75 Å². The lowest BCUT2D eigenvalue weighted by molar-refractivity contribution is 0.0104. The predicted molar refractivity (Wildman–Crippen MR) is 77.4 cm³/mol. The van der Waals surface area contributed by atoms with Crippen LogP contribution in [-0.2, 0) is 11.2 Å². The molecule has 2 aliphatic heterocycles. The Morgan fingerprint density at radius 2 is 2.15 bits per heavy atom. The number of hydrogen-bond donors (Lipinski definition) is 0. The molecule has 0 saturated carbocycles. The number of ether oxygens (including phenoxy) is 2. The summed E-state index contributed by atoms with van der Waals surface area (Å²) in [5.41, 5.74) is 2.00. The van der Waals surface area contributed by atoms with Crippen molar-refractivity contribution in [2.45, 2.75) is 51.0 Å². The summed E-state index contributed by atoms with van der Waals surface area (Å²) < 4.78 is 11.3. The second-order valence-electron chi connectivity index (χ2n) is 5.72. The molecule has 3 rings (SSSR count). The Morgan fingerprint density at radius 3 is 3.00 bits per heavy atom. The molecule has 0 spiro atoms. The third kappa shape index (κ3) is 3.21. The summed E-state index contributed by atoms with van der Waals surface area (Å²) in [5, 5.41) is 0. The Balaban J connectivity index is 1.59. The van der Waals surface area contributed by atoms with Crippen molar-refractivity contribution in [1.29, 1.82) is 0 Å². The largest absolute Gasteiger partial charge is 0.493 e. The Labute approximate surface area is 120 Å². The first-order chi connectivity index (χ1) is 9.83. The zero-order valence-corrected chi connectivity index (χ0v) is 11.9. The van der Waals surface area contributed by atoms with Crippen LogP contribution in [0.3, 0.4) is 0 Å². The molecule has 1 aromatic carbocycles. The van der Waals surface area contributed by atoms with E-state index in [-0.39, 0.29) is 11.9 Å². The highest BCUT2D eigenvalue weighted by Crippen LogP contribution is 2.26. The Hall–Kier alpha value is -1.35. The number of rotatable bonds is 4. The normalized spacial score (nSPS) is 21.9. The first-order valence-corrected chi connectivity index (χ1v) is 7.73. The number of fused-ring (bicyclic) bond motifs is 1. The summed E-state index contributed by atoms with van der Waals surface area (Å²) in [6.07, 6.45) is 7.28. The van der Waals surface area contributed by atoms with Crippen LogP contribution in [0.5, 0.6) is 5.75 Å². The lowest BCUT2D eigenvalue weighted by Gasteiger charge is -2.22. The minimum absolute atomic E-state index is 0.229. The van der Waals surface area contributed by atoms with E-state index in [0.717, 1.165) is 56.6 Å². The molecule has 3 nitrogen and oxygen atoms in total. The number of hydrogen-bond acceptors (Lipinski definition) is 3. The van der Waals surface area contributed by atoms with E-state index in [1.165, 1.54) is 12.0 Å². The minimum atomic E-state index is 0.229. The maximum Gasteiger partial charge on any atom is 0.162 e. The van der Waals surface area contributed by atoms with Gasteiger partial charge in [-0.25, -0.2) is 0 Å². The van der Waals surface area contributed by atoms with Gasteiger partial charge in [-0.05, 0) is 62.3 Å². The van der Waals surface area contributed by atoms with E-state index >= 15 is 0 Å². The minimum Gasteiger partial charge on any atom is -0.493 e. The van der Waals surface area contributed by atoms with E-state index in [0.29, 0.717) is 6.42 Å². The molecule has 0 bridgehead atoms. The summed E-state index contributed by atoms with van der Waals surface area (Å²) in [6.45, 7) is 1.65. The molecule has 0 N–H and O–H groups in total. The highest BCUT2D eigenvalue weighted by molar-refractivity contribution is 5.96. The van der Waals surface area contributed by atoms with Gasteiger partial charge in [-0.15, -0.1) is 0 Å². The van der Waals surface area contributed by atoms with E-state index in [1.807, 2.05) is 18.2 Å². The fourth-order valence-corrected chi connectivity index (χ4v) is 3.01. The average Bonchev–Trinajstić information content (AvgIpc) is 2.53. The number of ketones is 1. The number of carbonyl (C=O) groups is 1. The topological polar surface area (TPSA) is 35.5 Å². The van der Waals surface area contributed by atoms with Crippen LogP contribution in [-0.4, -0.2) is 25.1 Å². The highest BCUT2D eigenvalue weighted by atomic mass is 16.5. The average molecular weight is 274 g/mol. The van der Waals surface area contributed by atoms with Gasteiger partial charge in [0.1, 0.15) is 5.75 Å². The molecular weight excluding hydrogens is 252 g/mol. The molecule has 1 atom stereocenters. The molecule has 108 valence electrons. The fraction of sp³-hybridized carbons (Fsp3) is 0.588. The molecule has 0 aromatic heterocycles. The quantitative estimate of drug-likeness (QED) is 0.788. The van der Waals surface area contributed by atoms with E-state index in [9.17, 15) is 4.79 Å². The second-order valence-corrected chi connectivity index (χ2v) is 5.72. The van der Waals surface area contributed by atoms with Crippen LogP contribution in [0.25, 0.3) is 0 Å². The van der Waals surface area contributed by atoms with Crippen LogP contribution in [0.2, 0.25) is 0 Å². The van der Waals surface area contributed by atoms with E-state index in [4.69, 9.17) is 9.47 Å².